The SMILES string of the molecule is C(=C\c1ccc2c(c1)c1cc(/C=C/c3ccccc3)ccc1p2-c1ccccc1)/c1ccccc1. The van der Waals surface area contributed by atoms with Gasteiger partial charge in [-0.25, -0.2) is 0 Å². The quantitative estimate of drug-likeness (QED) is 0.223. The van der Waals surface area contributed by atoms with Gasteiger partial charge in [-0.05, 0) is 62.6 Å². The van der Waals surface area contributed by atoms with Gasteiger partial charge in [-0.1, -0.05) is 135 Å². The van der Waals surface area contributed by atoms with Crippen molar-refractivity contribution in [2.24, 2.45) is 0 Å². The highest BCUT2D eigenvalue weighted by atomic mass is 31.1. The molecule has 0 nitrogen and oxygen atoms in total. The highest BCUT2D eigenvalue weighted by molar-refractivity contribution is 7.67. The molecular formula is C34H25P. The average Bonchev–Trinajstić information content (AvgIpc) is 3.25. The molecule has 0 aliphatic rings. The Morgan fingerprint density at radius 2 is 0.771 bits per heavy atom. The second kappa shape index (κ2) is 9.63. The van der Waals surface area contributed by atoms with Crippen LogP contribution in [0.25, 0.3) is 50.6 Å². The van der Waals surface area contributed by atoms with Crippen LogP contribution in [0.4, 0.5) is 0 Å². The Balaban J connectivity index is 1.50. The van der Waals surface area contributed by atoms with Crippen LogP contribution < -0.4 is 0 Å². The van der Waals surface area contributed by atoms with E-state index in [0.717, 1.165) is 0 Å². The Labute approximate surface area is 207 Å². The van der Waals surface area contributed by atoms with Crippen molar-refractivity contribution in [3.8, 4) is 5.30 Å². The first kappa shape index (κ1) is 21.4. The third-order valence-electron chi connectivity index (χ3n) is 6.36. The highest BCUT2D eigenvalue weighted by Crippen LogP contribution is 2.55. The zero-order valence-corrected chi connectivity index (χ0v) is 20.3. The summed E-state index contributed by atoms with van der Waals surface area (Å²) >= 11 is 0. The van der Waals surface area contributed by atoms with Crippen LogP contribution in [0.2, 0.25) is 0 Å². The molecule has 1 aromatic heterocycles. The van der Waals surface area contributed by atoms with Gasteiger partial charge in [0.05, 0.1) is 0 Å². The van der Waals surface area contributed by atoms with Crippen LogP contribution in [-0.2, 0) is 0 Å². The van der Waals surface area contributed by atoms with E-state index in [2.05, 4.69) is 152 Å². The van der Waals surface area contributed by atoms with Crippen LogP contribution in [0.3, 0.4) is 0 Å². The monoisotopic (exact) mass is 464 g/mol. The molecule has 0 radical (unpaired) electrons. The molecule has 0 spiro atoms. The second-order valence-electron chi connectivity index (χ2n) is 8.71. The molecule has 0 N–H and O–H groups in total. The predicted molar refractivity (Wildman–Crippen MR) is 156 cm³/mol. The zero-order valence-electron chi connectivity index (χ0n) is 19.4. The predicted octanol–water partition coefficient (Wildman–Crippen LogP) is 10.3. The highest BCUT2D eigenvalue weighted by Gasteiger charge is 2.14. The van der Waals surface area contributed by atoms with Gasteiger partial charge in [-0.15, -0.1) is 0 Å². The van der Waals surface area contributed by atoms with Gasteiger partial charge >= 0.3 is 0 Å². The van der Waals surface area contributed by atoms with E-state index in [9.17, 15) is 0 Å². The van der Waals surface area contributed by atoms with Gasteiger partial charge in [0, 0.05) is 10.2 Å². The molecule has 35 heavy (non-hydrogen) atoms. The number of fused-ring (bicyclic) bond motifs is 3. The summed E-state index contributed by atoms with van der Waals surface area (Å²) in [6.07, 6.45) is 8.82. The first-order valence-electron chi connectivity index (χ1n) is 12.0. The molecule has 1 heteroatoms. The lowest BCUT2D eigenvalue weighted by atomic mass is 10.1. The van der Waals surface area contributed by atoms with E-state index in [1.807, 2.05) is 0 Å². The van der Waals surface area contributed by atoms with Crippen LogP contribution in [-0.4, -0.2) is 0 Å². The van der Waals surface area contributed by atoms with Gasteiger partial charge in [0.15, 0.2) is 0 Å². The Hall–Kier alpha value is -4.12. The molecule has 0 atom stereocenters. The Bertz CT molecular complexity index is 1550. The van der Waals surface area contributed by atoms with Crippen molar-refractivity contribution in [3.05, 3.63) is 150 Å². The van der Waals surface area contributed by atoms with Crippen LogP contribution in [0.1, 0.15) is 22.3 Å². The summed E-state index contributed by atoms with van der Waals surface area (Å²) in [5, 5.41) is 7.02. The summed E-state index contributed by atoms with van der Waals surface area (Å²) in [6.45, 7) is 0. The molecule has 0 bridgehead atoms. The summed E-state index contributed by atoms with van der Waals surface area (Å²) in [5.41, 5.74) is 4.89. The molecule has 6 aromatic rings. The maximum atomic E-state index is 2.36. The van der Waals surface area contributed by atoms with Crippen molar-refractivity contribution in [2.75, 3.05) is 0 Å². The summed E-state index contributed by atoms with van der Waals surface area (Å²) in [7, 11) is -0.551. The van der Waals surface area contributed by atoms with Crippen molar-refractivity contribution in [1.29, 1.82) is 0 Å². The molecule has 166 valence electrons. The topological polar surface area (TPSA) is 0 Å². The molecule has 5 aromatic carbocycles. The molecule has 0 saturated heterocycles. The molecule has 0 aliphatic carbocycles. The summed E-state index contributed by atoms with van der Waals surface area (Å²) in [6, 6.07) is 45.9. The first-order chi connectivity index (χ1) is 17.3. The summed E-state index contributed by atoms with van der Waals surface area (Å²) in [5.74, 6) is 0. The number of benzene rings is 5. The van der Waals surface area contributed by atoms with Crippen molar-refractivity contribution in [3.63, 3.8) is 0 Å². The van der Waals surface area contributed by atoms with Gasteiger partial charge in [0.2, 0.25) is 0 Å². The minimum atomic E-state index is -0.551. The fourth-order valence-corrected chi connectivity index (χ4v) is 7.22. The van der Waals surface area contributed by atoms with E-state index in [0.29, 0.717) is 0 Å². The van der Waals surface area contributed by atoms with E-state index >= 15 is 0 Å². The molecule has 0 aliphatic heterocycles. The van der Waals surface area contributed by atoms with Crippen molar-refractivity contribution >= 4 is 52.8 Å². The van der Waals surface area contributed by atoms with E-state index < -0.39 is 7.53 Å². The van der Waals surface area contributed by atoms with Gasteiger partial charge in [0.1, 0.15) is 0 Å². The van der Waals surface area contributed by atoms with Crippen LogP contribution in [0, 0.1) is 0 Å². The standard InChI is InChI=1S/C34H25P/c1-4-10-26(11-5-1)16-18-28-20-22-33-31(24-28)32-25-29(19-17-27-12-6-2-7-13-27)21-23-34(32)35(33)30-14-8-3-9-15-30/h1-25H/b18-16+,19-17+. The van der Waals surface area contributed by atoms with Crippen molar-refractivity contribution in [2.45, 2.75) is 0 Å². The second-order valence-corrected chi connectivity index (χ2v) is 10.9. The molecule has 0 saturated carbocycles. The molecule has 0 amide bonds. The van der Waals surface area contributed by atoms with Gasteiger partial charge in [-0.2, -0.15) is 0 Å². The number of rotatable bonds is 5. The van der Waals surface area contributed by atoms with E-state index in [1.165, 1.54) is 48.6 Å². The van der Waals surface area contributed by atoms with E-state index in [-0.39, 0.29) is 0 Å². The lowest BCUT2D eigenvalue weighted by Crippen LogP contribution is -1.75. The van der Waals surface area contributed by atoms with Gasteiger partial charge in [-0.3, -0.25) is 0 Å². The largest absolute Gasteiger partial charge is 0.0772 e. The molecular weight excluding hydrogens is 439 g/mol. The molecule has 6 rings (SSSR count). The van der Waals surface area contributed by atoms with Crippen LogP contribution >= 0.6 is 7.53 Å². The smallest absolute Gasteiger partial charge is 0.00687 e. The molecule has 1 heterocycles. The average molecular weight is 465 g/mol. The van der Waals surface area contributed by atoms with Gasteiger partial charge in [0.25, 0.3) is 0 Å². The Morgan fingerprint density at radius 3 is 1.23 bits per heavy atom. The maximum Gasteiger partial charge on any atom is 0.00687 e. The maximum absolute atomic E-state index is 2.36. The minimum Gasteiger partial charge on any atom is -0.0772 e. The third-order valence-corrected chi connectivity index (χ3v) is 8.92. The fourth-order valence-electron chi connectivity index (χ4n) is 4.63. The summed E-state index contributed by atoms with van der Waals surface area (Å²) in [4.78, 5) is 0. The number of hydrogen-bond acceptors (Lipinski definition) is 0. The molecule has 0 fully saturated rings. The first-order valence-corrected chi connectivity index (χ1v) is 13.3. The normalized spacial score (nSPS) is 11.8. The summed E-state index contributed by atoms with van der Waals surface area (Å²) < 4.78 is 0. The van der Waals surface area contributed by atoms with Crippen LogP contribution in [0.5, 0.6) is 0 Å². The Kier molecular flexibility index (Phi) is 5.89. The molecule has 0 unspecified atom stereocenters. The van der Waals surface area contributed by atoms with Crippen LogP contribution in [0.15, 0.2) is 127 Å². The van der Waals surface area contributed by atoms with E-state index in [1.54, 1.807) is 0 Å². The lowest BCUT2D eigenvalue weighted by molar-refractivity contribution is 1.66. The van der Waals surface area contributed by atoms with Gasteiger partial charge < -0.3 is 0 Å². The fraction of sp³-hybridized carbons (Fsp3) is 0. The lowest BCUT2D eigenvalue weighted by Gasteiger charge is -2.04. The Morgan fingerprint density at radius 1 is 0.371 bits per heavy atom. The van der Waals surface area contributed by atoms with Crippen molar-refractivity contribution in [1.82, 2.24) is 0 Å². The van der Waals surface area contributed by atoms with E-state index in [4.69, 9.17) is 0 Å². The van der Waals surface area contributed by atoms with Crippen molar-refractivity contribution < 1.29 is 0 Å². The third kappa shape index (κ3) is 4.50. The number of hydrogen-bond donors (Lipinski definition) is 0. The minimum absolute atomic E-state index is 0.551. The zero-order chi connectivity index (χ0) is 23.5.